The molecule has 0 saturated carbocycles. The lowest BCUT2D eigenvalue weighted by molar-refractivity contribution is -0.348. The SMILES string of the molecule is CC1(C)c2cc(C(F)(C(F)(F)F)C(F)(F)F)ccc2C2(S(=O)(=O)c3ccccc3)CNCC12. The van der Waals surface area contributed by atoms with Crippen LogP contribution in [-0.4, -0.2) is 33.9 Å². The molecule has 0 amide bonds. The summed E-state index contributed by atoms with van der Waals surface area (Å²) in [5.74, 6) is -0.703. The predicted molar refractivity (Wildman–Crippen MR) is 106 cm³/mol. The molecule has 11 heteroatoms. The van der Waals surface area contributed by atoms with Crippen molar-refractivity contribution in [3.8, 4) is 0 Å². The Morgan fingerprint density at radius 2 is 1.45 bits per heavy atom. The first kappa shape index (κ1) is 24.0. The van der Waals surface area contributed by atoms with Crippen molar-refractivity contribution in [1.82, 2.24) is 5.32 Å². The molecule has 0 aromatic heterocycles. The second-order valence-corrected chi connectivity index (χ2v) is 11.2. The molecular formula is C22H20F7NO2S. The largest absolute Gasteiger partial charge is 0.435 e. The van der Waals surface area contributed by atoms with Gasteiger partial charge in [0.2, 0.25) is 0 Å². The van der Waals surface area contributed by atoms with Gasteiger partial charge in [0.25, 0.3) is 0 Å². The molecule has 1 saturated heterocycles. The summed E-state index contributed by atoms with van der Waals surface area (Å²) in [6.45, 7) is 3.19. The number of benzene rings is 2. The van der Waals surface area contributed by atoms with Gasteiger partial charge in [0.1, 0.15) is 4.75 Å². The second-order valence-electron chi connectivity index (χ2n) is 9.03. The monoisotopic (exact) mass is 495 g/mol. The first-order chi connectivity index (χ1) is 15.0. The minimum atomic E-state index is -6.26. The van der Waals surface area contributed by atoms with E-state index >= 15 is 0 Å². The van der Waals surface area contributed by atoms with Gasteiger partial charge in [-0.05, 0) is 28.7 Å². The van der Waals surface area contributed by atoms with Crippen LogP contribution >= 0.6 is 0 Å². The molecule has 180 valence electrons. The lowest BCUT2D eigenvalue weighted by Gasteiger charge is -2.34. The third kappa shape index (κ3) is 2.94. The Kier molecular flexibility index (Phi) is 5.05. The summed E-state index contributed by atoms with van der Waals surface area (Å²) >= 11 is 0. The van der Waals surface area contributed by atoms with E-state index in [9.17, 15) is 39.2 Å². The Hall–Kier alpha value is -2.14. The molecule has 4 rings (SSSR count). The molecule has 1 aliphatic carbocycles. The minimum Gasteiger partial charge on any atom is -0.314 e. The van der Waals surface area contributed by atoms with E-state index in [4.69, 9.17) is 0 Å². The molecule has 2 aromatic rings. The van der Waals surface area contributed by atoms with Crippen molar-refractivity contribution >= 4 is 9.84 Å². The Morgan fingerprint density at radius 1 is 0.879 bits per heavy atom. The van der Waals surface area contributed by atoms with Crippen molar-refractivity contribution in [2.24, 2.45) is 5.92 Å². The summed E-state index contributed by atoms with van der Waals surface area (Å²) < 4.78 is 121. The number of halogens is 7. The molecule has 2 aliphatic rings. The maximum atomic E-state index is 14.8. The maximum absolute atomic E-state index is 14.8. The van der Waals surface area contributed by atoms with Gasteiger partial charge in [-0.2, -0.15) is 26.3 Å². The zero-order chi connectivity index (χ0) is 24.7. The van der Waals surface area contributed by atoms with Crippen LogP contribution in [0.25, 0.3) is 0 Å². The molecule has 2 atom stereocenters. The van der Waals surface area contributed by atoms with E-state index in [0.29, 0.717) is 12.1 Å². The summed E-state index contributed by atoms with van der Waals surface area (Å²) in [5.41, 5.74) is -8.32. The zero-order valence-corrected chi connectivity index (χ0v) is 18.3. The zero-order valence-electron chi connectivity index (χ0n) is 17.5. The van der Waals surface area contributed by atoms with Gasteiger partial charge >= 0.3 is 18.0 Å². The predicted octanol–water partition coefficient (Wildman–Crippen LogP) is 5.16. The van der Waals surface area contributed by atoms with Crippen LogP contribution in [0.4, 0.5) is 30.7 Å². The molecule has 1 N–H and O–H groups in total. The minimum absolute atomic E-state index is 0.0168. The van der Waals surface area contributed by atoms with Gasteiger partial charge in [0.05, 0.1) is 4.90 Å². The fraction of sp³-hybridized carbons (Fsp3) is 0.455. The first-order valence-corrected chi connectivity index (χ1v) is 11.5. The van der Waals surface area contributed by atoms with E-state index in [1.54, 1.807) is 19.9 Å². The Morgan fingerprint density at radius 3 is 2.00 bits per heavy atom. The van der Waals surface area contributed by atoms with Crippen molar-refractivity contribution in [1.29, 1.82) is 0 Å². The van der Waals surface area contributed by atoms with E-state index < -0.39 is 49.5 Å². The molecule has 2 aromatic carbocycles. The van der Waals surface area contributed by atoms with E-state index in [2.05, 4.69) is 5.32 Å². The quantitative estimate of drug-likeness (QED) is 0.599. The van der Waals surface area contributed by atoms with Gasteiger partial charge in [0, 0.05) is 24.6 Å². The van der Waals surface area contributed by atoms with Crippen molar-refractivity contribution in [3.05, 3.63) is 65.2 Å². The summed E-state index contributed by atoms with van der Waals surface area (Å²) in [4.78, 5) is -0.0168. The van der Waals surface area contributed by atoms with Crippen molar-refractivity contribution in [2.75, 3.05) is 13.1 Å². The molecule has 1 heterocycles. The lowest BCUT2D eigenvalue weighted by atomic mass is 9.76. The van der Waals surface area contributed by atoms with Crippen molar-refractivity contribution < 1.29 is 39.2 Å². The van der Waals surface area contributed by atoms with Crippen LogP contribution in [0, 0.1) is 5.92 Å². The lowest BCUT2D eigenvalue weighted by Crippen LogP contribution is -2.50. The second kappa shape index (κ2) is 6.94. The fourth-order valence-corrected chi connectivity index (χ4v) is 7.83. The molecule has 2 unspecified atom stereocenters. The van der Waals surface area contributed by atoms with E-state index in [-0.39, 0.29) is 29.1 Å². The summed E-state index contributed by atoms with van der Waals surface area (Å²) in [6.07, 6.45) is -12.5. The smallest absolute Gasteiger partial charge is 0.314 e. The highest BCUT2D eigenvalue weighted by molar-refractivity contribution is 7.92. The molecule has 33 heavy (non-hydrogen) atoms. The van der Waals surface area contributed by atoms with Crippen molar-refractivity contribution in [3.63, 3.8) is 0 Å². The number of rotatable bonds is 3. The van der Waals surface area contributed by atoms with Gasteiger partial charge in [-0.1, -0.05) is 50.2 Å². The number of sulfone groups is 1. The first-order valence-electron chi connectivity index (χ1n) is 10.0. The Bertz CT molecular complexity index is 1180. The highest BCUT2D eigenvalue weighted by Crippen LogP contribution is 2.61. The van der Waals surface area contributed by atoms with Crippen LogP contribution in [-0.2, 0) is 25.7 Å². The normalized spacial score (nSPS) is 25.1. The molecule has 3 nitrogen and oxygen atoms in total. The van der Waals surface area contributed by atoms with Crippen LogP contribution in [0.2, 0.25) is 0 Å². The highest BCUT2D eigenvalue weighted by atomic mass is 32.2. The van der Waals surface area contributed by atoms with Gasteiger partial charge in [-0.3, -0.25) is 0 Å². The standard InChI is InChI=1S/C22H20F7NO2S/c1-18(2)16-10-13(20(23,21(24,25)26)22(27,28)29)8-9-15(16)19(12-30-11-17(18)19)33(31,32)14-6-4-3-5-7-14/h3-10,17,30H,11-12H2,1-2H3. The van der Waals surface area contributed by atoms with Crippen molar-refractivity contribution in [2.45, 2.75) is 46.9 Å². The molecule has 0 bridgehead atoms. The molecule has 0 spiro atoms. The topological polar surface area (TPSA) is 46.2 Å². The molecule has 0 radical (unpaired) electrons. The average Bonchev–Trinajstić information content (AvgIpc) is 3.25. The van der Waals surface area contributed by atoms with Gasteiger partial charge in [0.15, 0.2) is 9.84 Å². The molecule has 1 aliphatic heterocycles. The summed E-state index contributed by atoms with van der Waals surface area (Å²) in [7, 11) is -4.13. The summed E-state index contributed by atoms with van der Waals surface area (Å²) in [5, 5.41) is 3.02. The third-order valence-electron chi connectivity index (χ3n) is 7.05. The van der Waals surface area contributed by atoms with Crippen LogP contribution in [0.3, 0.4) is 0 Å². The number of fused-ring (bicyclic) bond motifs is 3. The van der Waals surface area contributed by atoms with Gasteiger partial charge in [-0.15, -0.1) is 0 Å². The van der Waals surface area contributed by atoms with Crippen LogP contribution in [0.5, 0.6) is 0 Å². The van der Waals surface area contributed by atoms with Crippen LogP contribution < -0.4 is 5.32 Å². The number of hydrogen-bond acceptors (Lipinski definition) is 3. The number of alkyl halides is 7. The van der Waals surface area contributed by atoms with Crippen LogP contribution in [0.1, 0.15) is 30.5 Å². The molecule has 1 fully saturated rings. The highest BCUT2D eigenvalue weighted by Gasteiger charge is 2.74. The Labute approximate surface area is 185 Å². The van der Waals surface area contributed by atoms with Gasteiger partial charge < -0.3 is 5.32 Å². The van der Waals surface area contributed by atoms with Crippen LogP contribution in [0.15, 0.2) is 53.4 Å². The number of nitrogens with one attached hydrogen (secondary N) is 1. The third-order valence-corrected chi connectivity index (χ3v) is 9.55. The van der Waals surface area contributed by atoms with E-state index in [1.165, 1.54) is 24.3 Å². The number of hydrogen-bond donors (Lipinski definition) is 1. The average molecular weight is 495 g/mol. The fourth-order valence-electron chi connectivity index (χ4n) is 5.38. The Balaban J connectivity index is 2.00. The van der Waals surface area contributed by atoms with Gasteiger partial charge in [-0.25, -0.2) is 12.8 Å². The molecular weight excluding hydrogens is 475 g/mol. The van der Waals surface area contributed by atoms with E-state index in [0.717, 1.165) is 6.07 Å². The van der Waals surface area contributed by atoms with E-state index in [1.807, 2.05) is 0 Å². The maximum Gasteiger partial charge on any atom is 0.435 e. The summed E-state index contributed by atoms with van der Waals surface area (Å²) in [6, 6.07) is 9.29.